The van der Waals surface area contributed by atoms with E-state index in [2.05, 4.69) is 36.4 Å². The molecule has 3 aromatic rings. The molecule has 0 saturated heterocycles. The SMILES string of the molecule is O=C(O)CCCCCCOC(c1ccccc1)(c1ccccc1)c1ccccc1. The van der Waals surface area contributed by atoms with Crippen molar-refractivity contribution in [3.05, 3.63) is 108 Å². The van der Waals surface area contributed by atoms with E-state index in [1.54, 1.807) is 0 Å². The summed E-state index contributed by atoms with van der Waals surface area (Å²) < 4.78 is 6.70. The molecular formula is C26H28O3. The lowest BCUT2D eigenvalue weighted by atomic mass is 9.80. The number of rotatable bonds is 11. The van der Waals surface area contributed by atoms with E-state index in [0.717, 1.165) is 42.4 Å². The van der Waals surface area contributed by atoms with E-state index in [-0.39, 0.29) is 6.42 Å². The number of benzene rings is 3. The summed E-state index contributed by atoms with van der Waals surface area (Å²) in [7, 11) is 0. The maximum atomic E-state index is 10.7. The summed E-state index contributed by atoms with van der Waals surface area (Å²) in [6.45, 7) is 0.603. The van der Waals surface area contributed by atoms with E-state index in [1.165, 1.54) is 0 Å². The van der Waals surface area contributed by atoms with Gasteiger partial charge in [-0.25, -0.2) is 0 Å². The van der Waals surface area contributed by atoms with Crippen LogP contribution < -0.4 is 0 Å². The molecule has 0 aromatic heterocycles. The molecule has 1 N–H and O–H groups in total. The molecule has 29 heavy (non-hydrogen) atoms. The summed E-state index contributed by atoms with van der Waals surface area (Å²) in [4.78, 5) is 10.7. The summed E-state index contributed by atoms with van der Waals surface area (Å²) in [5.41, 5.74) is 2.63. The highest BCUT2D eigenvalue weighted by molar-refractivity contribution is 5.66. The van der Waals surface area contributed by atoms with E-state index in [0.29, 0.717) is 6.61 Å². The van der Waals surface area contributed by atoms with Gasteiger partial charge >= 0.3 is 5.97 Å². The number of hydrogen-bond donors (Lipinski definition) is 1. The van der Waals surface area contributed by atoms with Crippen LogP contribution >= 0.6 is 0 Å². The minimum atomic E-state index is -0.725. The van der Waals surface area contributed by atoms with Gasteiger partial charge in [-0.2, -0.15) is 0 Å². The highest BCUT2D eigenvalue weighted by Gasteiger charge is 2.37. The average molecular weight is 389 g/mol. The molecule has 0 amide bonds. The van der Waals surface area contributed by atoms with Crippen molar-refractivity contribution in [2.24, 2.45) is 0 Å². The van der Waals surface area contributed by atoms with Crippen LogP contribution in [0.5, 0.6) is 0 Å². The lowest BCUT2D eigenvalue weighted by molar-refractivity contribution is -0.137. The molecule has 0 spiro atoms. The Bertz CT molecular complexity index is 764. The van der Waals surface area contributed by atoms with Crippen molar-refractivity contribution in [1.82, 2.24) is 0 Å². The van der Waals surface area contributed by atoms with Gasteiger partial charge in [0, 0.05) is 13.0 Å². The number of ether oxygens (including phenoxy) is 1. The zero-order valence-electron chi connectivity index (χ0n) is 16.7. The first kappa shape index (κ1) is 20.8. The van der Waals surface area contributed by atoms with Gasteiger partial charge in [0.25, 0.3) is 0 Å². The van der Waals surface area contributed by atoms with Crippen molar-refractivity contribution < 1.29 is 14.6 Å². The van der Waals surface area contributed by atoms with Crippen molar-refractivity contribution in [1.29, 1.82) is 0 Å². The molecule has 3 aromatic carbocycles. The van der Waals surface area contributed by atoms with Gasteiger partial charge in [-0.1, -0.05) is 104 Å². The van der Waals surface area contributed by atoms with E-state index in [1.807, 2.05) is 54.6 Å². The topological polar surface area (TPSA) is 46.5 Å². The molecule has 0 atom stereocenters. The van der Waals surface area contributed by atoms with E-state index >= 15 is 0 Å². The fraction of sp³-hybridized carbons (Fsp3) is 0.269. The van der Waals surface area contributed by atoms with Crippen molar-refractivity contribution in [3.63, 3.8) is 0 Å². The van der Waals surface area contributed by atoms with Crippen molar-refractivity contribution in [2.45, 2.75) is 37.7 Å². The van der Waals surface area contributed by atoms with Gasteiger partial charge in [0.2, 0.25) is 0 Å². The highest BCUT2D eigenvalue weighted by atomic mass is 16.5. The minimum absolute atomic E-state index is 0.239. The number of aliphatic carboxylic acids is 1. The molecule has 3 nitrogen and oxygen atoms in total. The smallest absolute Gasteiger partial charge is 0.303 e. The summed E-state index contributed by atoms with van der Waals surface area (Å²) in [6, 6.07) is 31.1. The van der Waals surface area contributed by atoms with Gasteiger partial charge in [-0.15, -0.1) is 0 Å². The monoisotopic (exact) mass is 388 g/mol. The Morgan fingerprint density at radius 2 is 1.07 bits per heavy atom. The van der Waals surface area contributed by atoms with Gasteiger partial charge < -0.3 is 9.84 Å². The molecule has 0 aliphatic rings. The fourth-order valence-electron chi connectivity index (χ4n) is 3.73. The van der Waals surface area contributed by atoms with Crippen molar-refractivity contribution in [2.75, 3.05) is 6.61 Å². The van der Waals surface area contributed by atoms with Crippen molar-refractivity contribution >= 4 is 5.97 Å². The van der Waals surface area contributed by atoms with Crippen LogP contribution in [0.4, 0.5) is 0 Å². The second kappa shape index (κ2) is 10.6. The van der Waals surface area contributed by atoms with Gasteiger partial charge in [-0.3, -0.25) is 4.79 Å². The van der Waals surface area contributed by atoms with Crippen LogP contribution in [0.1, 0.15) is 48.8 Å². The lowest BCUT2D eigenvalue weighted by Gasteiger charge is -2.36. The molecule has 0 bridgehead atoms. The van der Waals surface area contributed by atoms with E-state index < -0.39 is 11.6 Å². The Labute approximate surface area is 173 Å². The number of carboxylic acid groups (broad SMARTS) is 1. The summed E-state index contributed by atoms with van der Waals surface area (Å²) in [6.07, 6.45) is 3.72. The summed E-state index contributed by atoms with van der Waals surface area (Å²) >= 11 is 0. The normalized spacial score (nSPS) is 11.3. The van der Waals surface area contributed by atoms with Gasteiger partial charge in [0.05, 0.1) is 0 Å². The second-order valence-corrected chi connectivity index (χ2v) is 7.19. The van der Waals surface area contributed by atoms with Gasteiger partial charge in [-0.05, 0) is 29.5 Å². The molecule has 0 aliphatic carbocycles. The van der Waals surface area contributed by atoms with Crippen LogP contribution in [-0.4, -0.2) is 17.7 Å². The molecule has 0 saturated carbocycles. The first-order valence-electron chi connectivity index (χ1n) is 10.3. The third kappa shape index (κ3) is 5.33. The predicted octanol–water partition coefficient (Wildman–Crippen LogP) is 6.03. The molecule has 0 heterocycles. The molecule has 0 radical (unpaired) electrons. The third-order valence-corrected chi connectivity index (χ3v) is 5.14. The van der Waals surface area contributed by atoms with Crippen LogP contribution in [0, 0.1) is 0 Å². The molecule has 0 aliphatic heterocycles. The zero-order chi connectivity index (χ0) is 20.4. The molecule has 150 valence electrons. The number of unbranched alkanes of at least 4 members (excludes halogenated alkanes) is 3. The number of hydrogen-bond acceptors (Lipinski definition) is 2. The first-order chi connectivity index (χ1) is 14.2. The van der Waals surface area contributed by atoms with Crippen molar-refractivity contribution in [3.8, 4) is 0 Å². The number of carboxylic acids is 1. The van der Waals surface area contributed by atoms with Crippen LogP contribution in [0.15, 0.2) is 91.0 Å². The Hall–Kier alpha value is -2.91. The van der Waals surface area contributed by atoms with Gasteiger partial charge in [0.1, 0.15) is 5.60 Å². The quantitative estimate of drug-likeness (QED) is 0.322. The Morgan fingerprint density at radius 3 is 1.48 bits per heavy atom. The molecule has 3 heteroatoms. The summed E-state index contributed by atoms with van der Waals surface area (Å²) in [5, 5.41) is 8.78. The van der Waals surface area contributed by atoms with E-state index in [9.17, 15) is 4.79 Å². The van der Waals surface area contributed by atoms with Crippen LogP contribution in [0.2, 0.25) is 0 Å². The number of carbonyl (C=O) groups is 1. The Morgan fingerprint density at radius 1 is 0.655 bits per heavy atom. The largest absolute Gasteiger partial charge is 0.481 e. The summed E-state index contributed by atoms with van der Waals surface area (Å²) in [5.74, 6) is -0.725. The van der Waals surface area contributed by atoms with Gasteiger partial charge in [0.15, 0.2) is 0 Å². The fourth-order valence-corrected chi connectivity index (χ4v) is 3.73. The highest BCUT2D eigenvalue weighted by Crippen LogP contribution is 2.40. The van der Waals surface area contributed by atoms with Crippen LogP contribution in [0.3, 0.4) is 0 Å². The lowest BCUT2D eigenvalue weighted by Crippen LogP contribution is -2.33. The second-order valence-electron chi connectivity index (χ2n) is 7.19. The van der Waals surface area contributed by atoms with Crippen LogP contribution in [0.25, 0.3) is 0 Å². The van der Waals surface area contributed by atoms with E-state index in [4.69, 9.17) is 9.84 Å². The average Bonchev–Trinajstić information content (AvgIpc) is 2.77. The van der Waals surface area contributed by atoms with Crippen LogP contribution in [-0.2, 0) is 15.1 Å². The third-order valence-electron chi connectivity index (χ3n) is 5.14. The molecular weight excluding hydrogens is 360 g/mol. The molecule has 3 rings (SSSR count). The Kier molecular flexibility index (Phi) is 7.60. The first-order valence-corrected chi connectivity index (χ1v) is 10.3. The zero-order valence-corrected chi connectivity index (χ0v) is 16.7. The molecule has 0 unspecified atom stereocenters. The maximum Gasteiger partial charge on any atom is 0.303 e. The predicted molar refractivity (Wildman–Crippen MR) is 116 cm³/mol. The minimum Gasteiger partial charge on any atom is -0.481 e. The molecule has 0 fully saturated rings. The maximum absolute atomic E-state index is 10.7. The Balaban J connectivity index is 1.86. The standard InChI is InChI=1S/C26H28O3/c27-25(28)20-12-1-2-13-21-29-26(22-14-6-3-7-15-22,23-16-8-4-9-17-23)24-18-10-5-11-19-24/h3-11,14-19H,1-2,12-13,20-21H2,(H,27,28).